The van der Waals surface area contributed by atoms with Crippen molar-refractivity contribution in [3.05, 3.63) is 51.6 Å². The number of thiocarbonyl (C=S) groups is 1. The van der Waals surface area contributed by atoms with Gasteiger partial charge in [-0.2, -0.15) is 0 Å². The summed E-state index contributed by atoms with van der Waals surface area (Å²) in [5, 5.41) is 4.12. The first-order chi connectivity index (χ1) is 17.5. The van der Waals surface area contributed by atoms with Gasteiger partial charge in [-0.1, -0.05) is 42.0 Å². The number of benzene rings is 1. The van der Waals surface area contributed by atoms with Crippen molar-refractivity contribution in [2.75, 3.05) is 32.7 Å². The zero-order valence-corrected chi connectivity index (χ0v) is 22.8. The van der Waals surface area contributed by atoms with Crippen LogP contribution >= 0.6 is 35.6 Å². The van der Waals surface area contributed by atoms with Crippen LogP contribution in [0, 0.1) is 11.8 Å². The molecule has 2 aliphatic heterocycles. The van der Waals surface area contributed by atoms with Gasteiger partial charge in [0, 0.05) is 48.9 Å². The topological polar surface area (TPSA) is 48.7 Å². The number of thioether (sulfide) groups is 1. The van der Waals surface area contributed by atoms with Gasteiger partial charge in [0.15, 0.2) is 0 Å². The molecule has 6 rings (SSSR count). The normalized spacial score (nSPS) is 27.6. The van der Waals surface area contributed by atoms with Crippen molar-refractivity contribution in [1.82, 2.24) is 15.1 Å². The summed E-state index contributed by atoms with van der Waals surface area (Å²) in [6.07, 6.45) is 8.77. The Morgan fingerprint density at radius 3 is 2.69 bits per heavy atom. The lowest BCUT2D eigenvalue weighted by Crippen LogP contribution is -2.43. The van der Waals surface area contributed by atoms with Crippen molar-refractivity contribution in [2.24, 2.45) is 11.8 Å². The molecule has 3 heterocycles. The molecule has 5 nitrogen and oxygen atoms in total. The lowest BCUT2D eigenvalue weighted by atomic mass is 9.94. The number of nitrogens with zero attached hydrogens (tertiary/aromatic N) is 2. The first kappa shape index (κ1) is 24.7. The van der Waals surface area contributed by atoms with Crippen LogP contribution in [0.2, 0.25) is 5.02 Å². The number of furan rings is 1. The highest BCUT2D eigenvalue weighted by atomic mass is 35.5. The van der Waals surface area contributed by atoms with Crippen molar-refractivity contribution < 1.29 is 9.21 Å². The van der Waals surface area contributed by atoms with Crippen molar-refractivity contribution in [2.45, 2.75) is 44.6 Å². The highest BCUT2D eigenvalue weighted by Gasteiger charge is 2.48. The molecule has 2 aliphatic carbocycles. The van der Waals surface area contributed by atoms with E-state index in [1.165, 1.54) is 31.0 Å². The molecule has 8 heteroatoms. The number of carbonyl (C=O) groups excluding carboxylic acids is 1. The van der Waals surface area contributed by atoms with Crippen LogP contribution in [0.4, 0.5) is 0 Å². The predicted molar refractivity (Wildman–Crippen MR) is 151 cm³/mol. The van der Waals surface area contributed by atoms with E-state index in [4.69, 9.17) is 28.2 Å². The van der Waals surface area contributed by atoms with E-state index >= 15 is 0 Å². The third-order valence-corrected chi connectivity index (χ3v) is 9.80. The van der Waals surface area contributed by atoms with Crippen LogP contribution in [0.25, 0.3) is 17.4 Å². The molecule has 36 heavy (non-hydrogen) atoms. The average Bonchev–Trinajstić information content (AvgIpc) is 3.66. The first-order valence-electron chi connectivity index (χ1n) is 13.1. The van der Waals surface area contributed by atoms with Crippen molar-refractivity contribution in [1.29, 1.82) is 0 Å². The number of amides is 1. The molecule has 3 atom stereocenters. The quantitative estimate of drug-likeness (QED) is 0.352. The fraction of sp³-hybridized carbons (Fsp3) is 0.500. The molecule has 2 aromatic rings. The van der Waals surface area contributed by atoms with Gasteiger partial charge in [-0.3, -0.25) is 9.69 Å². The maximum Gasteiger partial charge on any atom is 0.266 e. The summed E-state index contributed by atoms with van der Waals surface area (Å²) >= 11 is 13.2. The Kier molecular flexibility index (Phi) is 7.28. The van der Waals surface area contributed by atoms with E-state index in [0.717, 1.165) is 80.6 Å². The minimum atomic E-state index is 0.0544. The van der Waals surface area contributed by atoms with Gasteiger partial charge in [0.2, 0.25) is 0 Å². The zero-order valence-electron chi connectivity index (χ0n) is 20.4. The Morgan fingerprint density at radius 2 is 1.97 bits per heavy atom. The van der Waals surface area contributed by atoms with Crippen LogP contribution in [0.5, 0.6) is 0 Å². The maximum absolute atomic E-state index is 13.5. The molecule has 1 amide bonds. The Bertz CT molecular complexity index is 1170. The van der Waals surface area contributed by atoms with E-state index in [2.05, 4.69) is 16.3 Å². The molecule has 1 aromatic heterocycles. The molecule has 2 bridgehead atoms. The van der Waals surface area contributed by atoms with Gasteiger partial charge in [0.1, 0.15) is 15.8 Å². The lowest BCUT2D eigenvalue weighted by molar-refractivity contribution is -0.124. The number of piperazine rings is 1. The number of aryl methyl sites for hydroxylation is 1. The molecule has 4 aliphatic rings. The molecule has 0 spiro atoms. The monoisotopic (exact) mass is 541 g/mol. The summed E-state index contributed by atoms with van der Waals surface area (Å²) in [6, 6.07) is 10.1. The largest absolute Gasteiger partial charge is 0.456 e. The number of hydrogen-bond donors (Lipinski definition) is 1. The third kappa shape index (κ3) is 5.05. The Morgan fingerprint density at radius 1 is 1.17 bits per heavy atom. The van der Waals surface area contributed by atoms with Gasteiger partial charge in [0.25, 0.3) is 5.91 Å². The molecule has 0 radical (unpaired) electrons. The molecule has 2 saturated carbocycles. The highest BCUT2D eigenvalue weighted by molar-refractivity contribution is 8.26. The van der Waals surface area contributed by atoms with Gasteiger partial charge in [-0.15, -0.1) is 0 Å². The SMILES string of the molecule is O=C1C(=Cc2oc(-c3ccc(Cl)cc3)cc2CCCN2CCNCC2)SC(=S)N1C1CC2CCC1C2. The molecule has 1 aromatic carbocycles. The van der Waals surface area contributed by atoms with Crippen LogP contribution < -0.4 is 5.32 Å². The fourth-order valence-corrected chi connectivity index (χ4v) is 7.83. The van der Waals surface area contributed by atoms with Crippen LogP contribution in [-0.2, 0) is 11.2 Å². The number of nitrogens with one attached hydrogen (secondary N) is 1. The smallest absolute Gasteiger partial charge is 0.266 e. The lowest BCUT2D eigenvalue weighted by Gasteiger charge is -2.30. The van der Waals surface area contributed by atoms with Gasteiger partial charge in [-0.05, 0) is 86.4 Å². The van der Waals surface area contributed by atoms with Crippen molar-refractivity contribution >= 4 is 51.9 Å². The molecule has 190 valence electrons. The van der Waals surface area contributed by atoms with Gasteiger partial charge < -0.3 is 14.6 Å². The standard InChI is InChI=1S/C28H32ClN3O2S2/c29-22-7-5-19(6-8-22)24-16-21(2-1-11-31-12-9-30-10-13-31)25(34-24)17-26-27(33)32(28(35)36-26)23-15-18-3-4-20(23)14-18/h5-8,16-18,20,23,30H,1-4,9-15H2. The summed E-state index contributed by atoms with van der Waals surface area (Å²) in [6.45, 7) is 5.37. The summed E-state index contributed by atoms with van der Waals surface area (Å²) in [7, 11) is 0. The predicted octanol–water partition coefficient (Wildman–Crippen LogP) is 5.83. The van der Waals surface area contributed by atoms with Gasteiger partial charge in [0.05, 0.1) is 4.91 Å². The number of fused-ring (bicyclic) bond motifs is 2. The minimum Gasteiger partial charge on any atom is -0.456 e. The maximum atomic E-state index is 13.5. The summed E-state index contributed by atoms with van der Waals surface area (Å²) in [5.41, 5.74) is 2.12. The molecule has 1 N–H and O–H groups in total. The van der Waals surface area contributed by atoms with E-state index in [1.807, 2.05) is 35.2 Å². The highest BCUT2D eigenvalue weighted by Crippen LogP contribution is 2.49. The number of carbonyl (C=O) groups is 1. The summed E-state index contributed by atoms with van der Waals surface area (Å²) in [5.74, 6) is 3.01. The number of rotatable bonds is 7. The van der Waals surface area contributed by atoms with E-state index in [1.54, 1.807) is 0 Å². The Labute approximate surface area is 227 Å². The molecule has 2 saturated heterocycles. The van der Waals surface area contributed by atoms with Crippen molar-refractivity contribution in [3.8, 4) is 11.3 Å². The molecule has 4 fully saturated rings. The van der Waals surface area contributed by atoms with Crippen molar-refractivity contribution in [3.63, 3.8) is 0 Å². The van der Waals surface area contributed by atoms with Crippen LogP contribution in [0.1, 0.15) is 43.4 Å². The zero-order chi connectivity index (χ0) is 24.6. The minimum absolute atomic E-state index is 0.0544. The van der Waals surface area contributed by atoms with Crippen LogP contribution in [0.15, 0.2) is 39.7 Å². The second-order valence-electron chi connectivity index (χ2n) is 10.5. The third-order valence-electron chi connectivity index (χ3n) is 8.22. The van der Waals surface area contributed by atoms with Gasteiger partial charge in [-0.25, -0.2) is 0 Å². The second kappa shape index (κ2) is 10.6. The number of hydrogen-bond acceptors (Lipinski definition) is 6. The van der Waals surface area contributed by atoms with E-state index in [9.17, 15) is 4.79 Å². The summed E-state index contributed by atoms with van der Waals surface area (Å²) in [4.78, 5) is 18.6. The molecular weight excluding hydrogens is 510 g/mol. The summed E-state index contributed by atoms with van der Waals surface area (Å²) < 4.78 is 7.07. The Hall–Kier alpha value is -1.64. The van der Waals surface area contributed by atoms with Crippen LogP contribution in [0.3, 0.4) is 0 Å². The van der Waals surface area contributed by atoms with E-state index in [0.29, 0.717) is 20.2 Å². The molecule has 3 unspecified atom stereocenters. The second-order valence-corrected chi connectivity index (χ2v) is 12.6. The van der Waals surface area contributed by atoms with Crippen LogP contribution in [-0.4, -0.2) is 58.8 Å². The van der Waals surface area contributed by atoms with E-state index in [-0.39, 0.29) is 11.9 Å². The Balaban J connectivity index is 1.24. The fourth-order valence-electron chi connectivity index (χ4n) is 6.36. The first-order valence-corrected chi connectivity index (χ1v) is 14.7. The average molecular weight is 542 g/mol. The van der Waals surface area contributed by atoms with E-state index < -0.39 is 0 Å². The molecular formula is C28H32ClN3O2S2. The van der Waals surface area contributed by atoms with Gasteiger partial charge >= 0.3 is 0 Å². The number of halogens is 1.